The second-order valence-electron chi connectivity index (χ2n) is 7.59. The van der Waals surface area contributed by atoms with E-state index in [4.69, 9.17) is 4.74 Å². The summed E-state index contributed by atoms with van der Waals surface area (Å²) in [6, 6.07) is 15.8. The molecule has 0 atom stereocenters. The maximum atomic E-state index is 13.0. The SMILES string of the molecule is COc1ccc(CNc2nc3c(c(=O)n(C)c(=O)n3C)n2Cc2ccc(C)cc2)cc1. The van der Waals surface area contributed by atoms with E-state index in [0.717, 1.165) is 27.0 Å². The van der Waals surface area contributed by atoms with Crippen LogP contribution < -0.4 is 21.3 Å². The molecule has 2 heterocycles. The highest BCUT2D eigenvalue weighted by Gasteiger charge is 2.19. The molecule has 0 fully saturated rings. The van der Waals surface area contributed by atoms with E-state index < -0.39 is 5.69 Å². The lowest BCUT2D eigenvalue weighted by molar-refractivity contribution is 0.414. The molecule has 8 heteroatoms. The molecule has 0 aliphatic carbocycles. The molecule has 31 heavy (non-hydrogen) atoms. The lowest BCUT2D eigenvalue weighted by Crippen LogP contribution is -2.37. The Balaban J connectivity index is 1.79. The molecule has 0 radical (unpaired) electrons. The molecule has 0 aliphatic heterocycles. The van der Waals surface area contributed by atoms with Gasteiger partial charge in [0, 0.05) is 20.6 Å². The highest BCUT2D eigenvalue weighted by Crippen LogP contribution is 2.19. The standard InChI is InChI=1S/C23H25N5O3/c1-15-5-7-17(8-6-15)14-28-19-20(26(2)23(30)27(3)21(19)29)25-22(28)24-13-16-9-11-18(31-4)12-10-16/h5-12H,13-14H2,1-4H3,(H,24,25). The molecule has 0 unspecified atom stereocenters. The molecule has 160 valence electrons. The Bertz CT molecular complexity index is 1350. The first-order chi connectivity index (χ1) is 14.9. The average Bonchev–Trinajstić information content (AvgIpc) is 3.15. The highest BCUT2D eigenvalue weighted by atomic mass is 16.5. The molecule has 0 amide bonds. The Kier molecular flexibility index (Phi) is 5.37. The lowest BCUT2D eigenvalue weighted by atomic mass is 10.1. The molecule has 0 saturated carbocycles. The van der Waals surface area contributed by atoms with Gasteiger partial charge < -0.3 is 10.1 Å². The van der Waals surface area contributed by atoms with Crippen LogP contribution in [0, 0.1) is 6.92 Å². The number of benzene rings is 2. The van der Waals surface area contributed by atoms with Crippen molar-refractivity contribution in [2.75, 3.05) is 12.4 Å². The van der Waals surface area contributed by atoms with Gasteiger partial charge in [0.1, 0.15) is 5.75 Å². The molecular formula is C23H25N5O3. The van der Waals surface area contributed by atoms with E-state index in [1.807, 2.05) is 60.0 Å². The topological polar surface area (TPSA) is 83.1 Å². The Labute approximate surface area is 179 Å². The van der Waals surface area contributed by atoms with Crippen LogP contribution >= 0.6 is 0 Å². The van der Waals surface area contributed by atoms with Crippen LogP contribution in [0.1, 0.15) is 16.7 Å². The van der Waals surface area contributed by atoms with Crippen LogP contribution in [-0.4, -0.2) is 25.8 Å². The summed E-state index contributed by atoms with van der Waals surface area (Å²) in [5.74, 6) is 1.32. The lowest BCUT2D eigenvalue weighted by Gasteiger charge is -2.12. The molecule has 4 rings (SSSR count). The second-order valence-corrected chi connectivity index (χ2v) is 7.59. The fourth-order valence-corrected chi connectivity index (χ4v) is 3.54. The number of methoxy groups -OCH3 is 1. The van der Waals surface area contributed by atoms with Gasteiger partial charge in [-0.25, -0.2) is 4.79 Å². The zero-order valence-corrected chi connectivity index (χ0v) is 18.0. The first-order valence-corrected chi connectivity index (χ1v) is 9.97. The van der Waals surface area contributed by atoms with Gasteiger partial charge in [0.25, 0.3) is 5.56 Å². The highest BCUT2D eigenvalue weighted by molar-refractivity contribution is 5.74. The third-order valence-corrected chi connectivity index (χ3v) is 5.42. The molecule has 0 bridgehead atoms. The molecule has 2 aromatic heterocycles. The van der Waals surface area contributed by atoms with Crippen molar-refractivity contribution in [1.29, 1.82) is 0 Å². The zero-order valence-electron chi connectivity index (χ0n) is 18.0. The number of hydrogen-bond donors (Lipinski definition) is 1. The molecular weight excluding hydrogens is 394 g/mol. The van der Waals surface area contributed by atoms with Gasteiger partial charge in [-0.3, -0.25) is 18.5 Å². The van der Waals surface area contributed by atoms with Crippen LogP contribution in [0.3, 0.4) is 0 Å². The number of nitrogens with one attached hydrogen (secondary N) is 1. The van der Waals surface area contributed by atoms with Crippen molar-refractivity contribution in [3.05, 3.63) is 86.1 Å². The Morgan fingerprint density at radius 1 is 0.935 bits per heavy atom. The second kappa shape index (κ2) is 8.14. The van der Waals surface area contributed by atoms with Crippen LogP contribution in [0.5, 0.6) is 5.75 Å². The zero-order chi connectivity index (χ0) is 22.1. The quantitative estimate of drug-likeness (QED) is 0.519. The fourth-order valence-electron chi connectivity index (χ4n) is 3.54. The number of fused-ring (bicyclic) bond motifs is 1. The Hall–Kier alpha value is -3.81. The Morgan fingerprint density at radius 2 is 1.58 bits per heavy atom. The number of nitrogens with zero attached hydrogens (tertiary/aromatic N) is 4. The first-order valence-electron chi connectivity index (χ1n) is 9.97. The summed E-state index contributed by atoms with van der Waals surface area (Å²) in [6.07, 6.45) is 0. The summed E-state index contributed by atoms with van der Waals surface area (Å²) in [5.41, 5.74) is 3.22. The van der Waals surface area contributed by atoms with Crippen molar-refractivity contribution in [1.82, 2.24) is 18.7 Å². The van der Waals surface area contributed by atoms with Crippen molar-refractivity contribution in [3.8, 4) is 5.75 Å². The van der Waals surface area contributed by atoms with Crippen LogP contribution in [0.2, 0.25) is 0 Å². The van der Waals surface area contributed by atoms with E-state index in [0.29, 0.717) is 30.2 Å². The number of rotatable bonds is 6. The van der Waals surface area contributed by atoms with Gasteiger partial charge in [-0.05, 0) is 30.2 Å². The molecule has 1 N–H and O–H groups in total. The minimum Gasteiger partial charge on any atom is -0.497 e. The van der Waals surface area contributed by atoms with Gasteiger partial charge >= 0.3 is 5.69 Å². The maximum Gasteiger partial charge on any atom is 0.332 e. The minimum absolute atomic E-state index is 0.359. The third kappa shape index (κ3) is 3.84. The van der Waals surface area contributed by atoms with Gasteiger partial charge in [0.05, 0.1) is 13.7 Å². The van der Waals surface area contributed by atoms with E-state index in [2.05, 4.69) is 10.3 Å². The van der Waals surface area contributed by atoms with Crippen LogP contribution in [0.25, 0.3) is 11.2 Å². The molecule has 4 aromatic rings. The number of ether oxygens (including phenoxy) is 1. The largest absolute Gasteiger partial charge is 0.497 e. The van der Waals surface area contributed by atoms with Crippen molar-refractivity contribution < 1.29 is 4.74 Å². The number of aromatic nitrogens is 4. The number of imidazole rings is 1. The number of anilines is 1. The van der Waals surface area contributed by atoms with Crippen molar-refractivity contribution in [2.45, 2.75) is 20.0 Å². The van der Waals surface area contributed by atoms with E-state index >= 15 is 0 Å². The molecule has 2 aromatic carbocycles. The maximum absolute atomic E-state index is 13.0. The monoisotopic (exact) mass is 419 g/mol. The normalized spacial score (nSPS) is 11.1. The molecule has 0 saturated heterocycles. The van der Waals surface area contributed by atoms with Gasteiger partial charge in [0.15, 0.2) is 11.2 Å². The van der Waals surface area contributed by atoms with E-state index in [1.54, 1.807) is 14.2 Å². The number of aryl methyl sites for hydroxylation is 2. The van der Waals surface area contributed by atoms with Crippen molar-refractivity contribution in [3.63, 3.8) is 0 Å². The summed E-state index contributed by atoms with van der Waals surface area (Å²) in [7, 11) is 4.74. The number of hydrogen-bond acceptors (Lipinski definition) is 5. The van der Waals surface area contributed by atoms with Crippen molar-refractivity contribution in [2.24, 2.45) is 14.1 Å². The average molecular weight is 419 g/mol. The van der Waals surface area contributed by atoms with Crippen LogP contribution in [-0.2, 0) is 27.2 Å². The summed E-state index contributed by atoms with van der Waals surface area (Å²) in [5, 5.41) is 3.33. The summed E-state index contributed by atoms with van der Waals surface area (Å²) in [6.45, 7) is 2.99. The van der Waals surface area contributed by atoms with E-state index in [-0.39, 0.29) is 5.56 Å². The van der Waals surface area contributed by atoms with E-state index in [1.165, 1.54) is 11.6 Å². The molecule has 0 spiro atoms. The summed E-state index contributed by atoms with van der Waals surface area (Å²) < 4.78 is 9.56. The van der Waals surface area contributed by atoms with Gasteiger partial charge in [-0.15, -0.1) is 0 Å². The fraction of sp³-hybridized carbons (Fsp3) is 0.261. The van der Waals surface area contributed by atoms with Crippen molar-refractivity contribution >= 4 is 17.1 Å². The van der Waals surface area contributed by atoms with Gasteiger partial charge in [0.2, 0.25) is 5.95 Å². The van der Waals surface area contributed by atoms with Crippen LogP contribution in [0.15, 0.2) is 58.1 Å². The predicted octanol–water partition coefficient (Wildman–Crippen LogP) is 2.41. The van der Waals surface area contributed by atoms with E-state index in [9.17, 15) is 9.59 Å². The Morgan fingerprint density at radius 3 is 2.23 bits per heavy atom. The summed E-state index contributed by atoms with van der Waals surface area (Å²) in [4.78, 5) is 30.0. The van der Waals surface area contributed by atoms with Crippen LogP contribution in [0.4, 0.5) is 5.95 Å². The first kappa shape index (κ1) is 20.5. The smallest absolute Gasteiger partial charge is 0.332 e. The molecule has 8 nitrogen and oxygen atoms in total. The van der Waals surface area contributed by atoms with Gasteiger partial charge in [-0.1, -0.05) is 42.0 Å². The third-order valence-electron chi connectivity index (χ3n) is 5.42. The van der Waals surface area contributed by atoms with Gasteiger partial charge in [-0.2, -0.15) is 4.98 Å². The predicted molar refractivity (Wildman–Crippen MR) is 121 cm³/mol. The minimum atomic E-state index is -0.404. The summed E-state index contributed by atoms with van der Waals surface area (Å²) >= 11 is 0. The molecule has 0 aliphatic rings.